The number of hydrogen-bond donors (Lipinski definition) is 4. The van der Waals surface area contributed by atoms with Gasteiger partial charge in [-0.3, -0.25) is 9.89 Å². The number of halogens is 1. The number of aromatic amines is 1. The van der Waals surface area contributed by atoms with Crippen LogP contribution in [-0.2, 0) is 11.2 Å². The van der Waals surface area contributed by atoms with Crippen LogP contribution < -0.4 is 16.4 Å². The minimum absolute atomic E-state index is 0.287. The molecule has 1 unspecified atom stereocenters. The smallest absolute Gasteiger partial charge is 0.319 e. The maximum Gasteiger partial charge on any atom is 0.319 e. The molecule has 2 aromatic carbocycles. The fourth-order valence-electron chi connectivity index (χ4n) is 3.30. The number of rotatable bonds is 4. The van der Waals surface area contributed by atoms with Crippen LogP contribution in [0.25, 0.3) is 10.9 Å². The molecule has 1 atom stereocenters. The Morgan fingerprint density at radius 1 is 1.22 bits per heavy atom. The summed E-state index contributed by atoms with van der Waals surface area (Å²) >= 11 is 6.28. The summed E-state index contributed by atoms with van der Waals surface area (Å²) in [5.41, 5.74) is 8.85. The Balaban J connectivity index is 1.79. The molecule has 27 heavy (non-hydrogen) atoms. The monoisotopic (exact) mass is 381 g/mol. The molecule has 4 rings (SSSR count). The molecule has 8 heteroatoms. The summed E-state index contributed by atoms with van der Waals surface area (Å²) in [6.45, 7) is 0. The lowest BCUT2D eigenvalue weighted by Gasteiger charge is -2.29. The summed E-state index contributed by atoms with van der Waals surface area (Å²) in [7, 11) is 0. The van der Waals surface area contributed by atoms with Gasteiger partial charge in [0.1, 0.15) is 0 Å². The molecule has 0 saturated heterocycles. The zero-order chi connectivity index (χ0) is 19.0. The highest BCUT2D eigenvalue weighted by Crippen LogP contribution is 2.32. The second kappa shape index (κ2) is 6.77. The van der Waals surface area contributed by atoms with E-state index in [0.717, 1.165) is 16.5 Å². The summed E-state index contributed by atoms with van der Waals surface area (Å²) in [6, 6.07) is 11.7. The van der Waals surface area contributed by atoms with Crippen molar-refractivity contribution in [2.45, 2.75) is 12.5 Å². The van der Waals surface area contributed by atoms with Gasteiger partial charge >= 0.3 is 6.03 Å². The highest BCUT2D eigenvalue weighted by atomic mass is 35.5. The lowest BCUT2D eigenvalue weighted by atomic mass is 9.92. The molecule has 0 spiro atoms. The number of carbonyl (C=O) groups is 2. The number of hydrogen-bond acceptors (Lipinski definition) is 3. The molecule has 0 radical (unpaired) electrons. The molecule has 2 heterocycles. The quantitative estimate of drug-likeness (QED) is 0.557. The predicted molar refractivity (Wildman–Crippen MR) is 102 cm³/mol. The van der Waals surface area contributed by atoms with Crippen LogP contribution in [-0.4, -0.2) is 22.1 Å². The molecule has 3 aromatic rings. The molecule has 7 nitrogen and oxygen atoms in total. The van der Waals surface area contributed by atoms with Crippen LogP contribution in [0.2, 0.25) is 5.02 Å². The number of nitrogens with zero attached hydrogens (tertiary/aromatic N) is 1. The summed E-state index contributed by atoms with van der Waals surface area (Å²) in [6.07, 6.45) is 2.06. The van der Waals surface area contributed by atoms with Crippen LogP contribution in [0.5, 0.6) is 0 Å². The lowest BCUT2D eigenvalue weighted by Crippen LogP contribution is -2.47. The molecular weight excluding hydrogens is 366 g/mol. The van der Waals surface area contributed by atoms with Gasteiger partial charge in [0.05, 0.1) is 23.3 Å². The van der Waals surface area contributed by atoms with Crippen LogP contribution >= 0.6 is 11.6 Å². The van der Waals surface area contributed by atoms with Crippen LogP contribution in [0.1, 0.15) is 17.2 Å². The van der Waals surface area contributed by atoms with Gasteiger partial charge in [-0.1, -0.05) is 35.9 Å². The van der Waals surface area contributed by atoms with E-state index in [1.165, 1.54) is 0 Å². The molecule has 0 bridgehead atoms. The van der Waals surface area contributed by atoms with Gasteiger partial charge < -0.3 is 16.4 Å². The molecule has 136 valence electrons. The normalized spacial score (nSPS) is 16.9. The number of primary amides is 1. The van der Waals surface area contributed by atoms with E-state index < -0.39 is 18.0 Å². The molecule has 0 fully saturated rings. The zero-order valence-electron chi connectivity index (χ0n) is 14.1. The molecule has 5 N–H and O–H groups in total. The number of nitrogens with two attached hydrogens (primary N) is 1. The second-order valence-electron chi connectivity index (χ2n) is 6.28. The van der Waals surface area contributed by atoms with Gasteiger partial charge in [-0.25, -0.2) is 4.79 Å². The maximum atomic E-state index is 12.2. The van der Waals surface area contributed by atoms with Gasteiger partial charge in [0.15, 0.2) is 0 Å². The Morgan fingerprint density at radius 3 is 2.81 bits per heavy atom. The number of urea groups is 1. The third kappa shape index (κ3) is 3.24. The molecule has 0 saturated carbocycles. The van der Waals surface area contributed by atoms with Crippen LogP contribution in [0.3, 0.4) is 0 Å². The molecular formula is C19H16ClN5O2. The molecule has 1 aliphatic heterocycles. The zero-order valence-corrected chi connectivity index (χ0v) is 14.9. The van der Waals surface area contributed by atoms with Crippen molar-refractivity contribution >= 4 is 34.4 Å². The number of fused-ring (bicyclic) bond motifs is 1. The number of amides is 3. The largest absolute Gasteiger partial charge is 0.366 e. The van der Waals surface area contributed by atoms with Crippen LogP contribution in [0.4, 0.5) is 4.79 Å². The van der Waals surface area contributed by atoms with Crippen molar-refractivity contribution in [1.82, 2.24) is 20.8 Å². The van der Waals surface area contributed by atoms with Crippen molar-refractivity contribution in [2.75, 3.05) is 0 Å². The summed E-state index contributed by atoms with van der Waals surface area (Å²) < 4.78 is 0. The SMILES string of the molecule is NC(=O)C1=C(Cc2ccc3[nH]ncc3c2)NC(=O)NC1c1ccccc1Cl. The van der Waals surface area contributed by atoms with Crippen molar-refractivity contribution in [1.29, 1.82) is 0 Å². The van der Waals surface area contributed by atoms with E-state index in [9.17, 15) is 9.59 Å². The number of nitrogens with one attached hydrogen (secondary N) is 3. The fourth-order valence-corrected chi connectivity index (χ4v) is 3.54. The van der Waals surface area contributed by atoms with E-state index in [1.807, 2.05) is 18.2 Å². The van der Waals surface area contributed by atoms with Gasteiger partial charge in [-0.2, -0.15) is 5.10 Å². The first-order chi connectivity index (χ1) is 13.0. The highest BCUT2D eigenvalue weighted by molar-refractivity contribution is 6.31. The van der Waals surface area contributed by atoms with E-state index in [1.54, 1.807) is 30.5 Å². The summed E-state index contributed by atoms with van der Waals surface area (Å²) in [4.78, 5) is 24.5. The minimum Gasteiger partial charge on any atom is -0.366 e. The number of aromatic nitrogens is 2. The van der Waals surface area contributed by atoms with Crippen molar-refractivity contribution in [3.63, 3.8) is 0 Å². The third-order valence-corrected chi connectivity index (χ3v) is 4.87. The number of allylic oxidation sites excluding steroid dienone is 1. The molecule has 1 aromatic heterocycles. The lowest BCUT2D eigenvalue weighted by molar-refractivity contribution is -0.115. The van der Waals surface area contributed by atoms with E-state index in [4.69, 9.17) is 17.3 Å². The Bertz CT molecular complexity index is 1090. The number of H-pyrrole nitrogens is 1. The highest BCUT2D eigenvalue weighted by Gasteiger charge is 2.32. The first-order valence-electron chi connectivity index (χ1n) is 8.29. The Morgan fingerprint density at radius 2 is 2.04 bits per heavy atom. The second-order valence-corrected chi connectivity index (χ2v) is 6.69. The van der Waals surface area contributed by atoms with Crippen LogP contribution in [0, 0.1) is 0 Å². The fraction of sp³-hybridized carbons (Fsp3) is 0.105. The van der Waals surface area contributed by atoms with E-state index in [2.05, 4.69) is 20.8 Å². The van der Waals surface area contributed by atoms with Crippen molar-refractivity contribution in [2.24, 2.45) is 5.73 Å². The Labute approximate surface area is 159 Å². The molecule has 3 amide bonds. The van der Waals surface area contributed by atoms with Crippen molar-refractivity contribution < 1.29 is 9.59 Å². The first-order valence-corrected chi connectivity index (χ1v) is 8.67. The van der Waals surface area contributed by atoms with Crippen LogP contribution in [0.15, 0.2) is 59.9 Å². The topological polar surface area (TPSA) is 113 Å². The van der Waals surface area contributed by atoms with Gasteiger partial charge in [-0.05, 0) is 29.3 Å². The number of benzene rings is 2. The van der Waals surface area contributed by atoms with Gasteiger partial charge in [-0.15, -0.1) is 0 Å². The average Bonchev–Trinajstić information content (AvgIpc) is 3.09. The van der Waals surface area contributed by atoms with Gasteiger partial charge in [0, 0.05) is 22.5 Å². The first kappa shape index (κ1) is 17.1. The van der Waals surface area contributed by atoms with Crippen molar-refractivity contribution in [3.8, 4) is 0 Å². The maximum absolute atomic E-state index is 12.2. The Kier molecular flexibility index (Phi) is 4.29. The van der Waals surface area contributed by atoms with Crippen molar-refractivity contribution in [3.05, 3.63) is 76.1 Å². The van der Waals surface area contributed by atoms with E-state index >= 15 is 0 Å². The third-order valence-electron chi connectivity index (χ3n) is 4.52. The van der Waals surface area contributed by atoms with Gasteiger partial charge in [0.25, 0.3) is 0 Å². The van der Waals surface area contributed by atoms with E-state index in [0.29, 0.717) is 22.7 Å². The minimum atomic E-state index is -0.711. The summed E-state index contributed by atoms with van der Waals surface area (Å²) in [5, 5.41) is 13.7. The molecule has 0 aliphatic carbocycles. The number of carbonyl (C=O) groups excluding carboxylic acids is 2. The molecule has 1 aliphatic rings. The Hall–Kier alpha value is -3.32. The summed E-state index contributed by atoms with van der Waals surface area (Å²) in [5.74, 6) is -0.619. The van der Waals surface area contributed by atoms with Gasteiger partial charge in [0.2, 0.25) is 5.91 Å². The average molecular weight is 382 g/mol. The predicted octanol–water partition coefficient (Wildman–Crippen LogP) is 2.55. The van der Waals surface area contributed by atoms with E-state index in [-0.39, 0.29) is 5.57 Å². The standard InChI is InChI=1S/C19H16ClN5O2/c20-13-4-2-1-3-12(13)17-16(18(21)26)15(23-19(27)24-17)8-10-5-6-14-11(7-10)9-22-25-14/h1-7,9,17H,8H2,(H2,21,26)(H,22,25)(H2,23,24,27).